The summed E-state index contributed by atoms with van der Waals surface area (Å²) in [7, 11) is 3.08. The molecule has 2 amide bonds. The summed E-state index contributed by atoms with van der Waals surface area (Å²) in [4.78, 5) is 26.5. The van der Waals surface area contributed by atoms with Crippen LogP contribution in [0.25, 0.3) is 0 Å². The molecule has 3 N–H and O–H groups in total. The molecule has 0 saturated carbocycles. The second-order valence-electron chi connectivity index (χ2n) is 8.70. The van der Waals surface area contributed by atoms with Crippen molar-refractivity contribution in [2.75, 3.05) is 30.6 Å². The number of nitriles is 1. The van der Waals surface area contributed by atoms with Gasteiger partial charge in [-0.2, -0.15) is 5.26 Å². The molecule has 40 heavy (non-hydrogen) atoms. The number of allylic oxidation sites excluding steroid dienone is 2. The number of methoxy groups -OCH3 is 2. The van der Waals surface area contributed by atoms with Gasteiger partial charge in [-0.3, -0.25) is 9.59 Å². The van der Waals surface area contributed by atoms with Crippen molar-refractivity contribution < 1.29 is 19.1 Å². The van der Waals surface area contributed by atoms with E-state index in [1.165, 1.54) is 18.9 Å². The third-order valence-electron chi connectivity index (χ3n) is 6.16. The van der Waals surface area contributed by atoms with E-state index in [0.29, 0.717) is 49.8 Å². The Morgan fingerprint density at radius 1 is 1.02 bits per heavy atom. The predicted octanol–water partition coefficient (Wildman–Crippen LogP) is 6.06. The Bertz CT molecular complexity index is 1550. The van der Waals surface area contributed by atoms with Gasteiger partial charge in [-0.15, -0.1) is 0 Å². The highest BCUT2D eigenvalue weighted by atomic mass is 35.5. The number of thioether (sulfide) groups is 1. The number of dihydropyridines is 1. The topological polar surface area (TPSA) is 112 Å². The predicted molar refractivity (Wildman–Crippen MR) is 158 cm³/mol. The van der Waals surface area contributed by atoms with E-state index >= 15 is 0 Å². The molecule has 0 saturated heterocycles. The standard InChI is InChI=1S/C30H27ClN4O4S/c1-18-27(29(37)35-24-13-6-7-14-25(24)39-3)28(21-11-4-5-12-23(21)31)22(16-32)30(33-18)40-17-26(36)34-19-9-8-10-20(15-19)38-2/h4-15,28,33H,17H2,1-3H3,(H,34,36)(H,35,37)/t28-/m1/s1. The first-order valence-electron chi connectivity index (χ1n) is 12.2. The highest BCUT2D eigenvalue weighted by Gasteiger charge is 2.36. The average molecular weight is 575 g/mol. The fourth-order valence-electron chi connectivity index (χ4n) is 4.32. The Hall–Kier alpha value is -4.39. The summed E-state index contributed by atoms with van der Waals surface area (Å²) < 4.78 is 10.6. The van der Waals surface area contributed by atoms with E-state index in [9.17, 15) is 14.9 Å². The van der Waals surface area contributed by atoms with Crippen molar-refractivity contribution in [3.05, 3.63) is 105 Å². The Kier molecular flexibility index (Phi) is 9.38. The van der Waals surface area contributed by atoms with Crippen LogP contribution >= 0.6 is 23.4 Å². The number of amides is 2. The molecule has 1 heterocycles. The molecule has 0 aromatic heterocycles. The Labute approximate surface area is 242 Å². The minimum atomic E-state index is -0.765. The van der Waals surface area contributed by atoms with Crippen molar-refractivity contribution in [2.45, 2.75) is 12.8 Å². The Balaban J connectivity index is 1.64. The zero-order valence-electron chi connectivity index (χ0n) is 22.1. The average Bonchev–Trinajstić information content (AvgIpc) is 2.96. The molecule has 1 aliphatic rings. The molecule has 0 spiro atoms. The van der Waals surface area contributed by atoms with Crippen LogP contribution in [0, 0.1) is 11.3 Å². The van der Waals surface area contributed by atoms with Gasteiger partial charge in [0.15, 0.2) is 0 Å². The number of carbonyl (C=O) groups is 2. The molecule has 8 nitrogen and oxygen atoms in total. The van der Waals surface area contributed by atoms with Gasteiger partial charge in [-0.05, 0) is 42.8 Å². The van der Waals surface area contributed by atoms with Crippen molar-refractivity contribution >= 4 is 46.6 Å². The van der Waals surface area contributed by atoms with Gasteiger partial charge in [0.05, 0.1) is 48.2 Å². The second-order valence-corrected chi connectivity index (χ2v) is 10.1. The molecule has 0 bridgehead atoms. The van der Waals surface area contributed by atoms with Crippen LogP contribution in [0.5, 0.6) is 11.5 Å². The zero-order chi connectivity index (χ0) is 28.6. The summed E-state index contributed by atoms with van der Waals surface area (Å²) in [5.41, 5.74) is 2.84. The van der Waals surface area contributed by atoms with E-state index < -0.39 is 11.8 Å². The minimum absolute atomic E-state index is 0.0238. The quantitative estimate of drug-likeness (QED) is 0.284. The van der Waals surface area contributed by atoms with Gasteiger partial charge in [0.1, 0.15) is 11.5 Å². The summed E-state index contributed by atoms with van der Waals surface area (Å²) in [5, 5.41) is 20.1. The number of halogens is 1. The van der Waals surface area contributed by atoms with Crippen molar-refractivity contribution in [1.82, 2.24) is 5.32 Å². The van der Waals surface area contributed by atoms with Crippen molar-refractivity contribution in [3.63, 3.8) is 0 Å². The lowest BCUT2D eigenvalue weighted by molar-refractivity contribution is -0.114. The number of para-hydroxylation sites is 2. The Morgan fingerprint density at radius 2 is 1.77 bits per heavy atom. The molecule has 204 valence electrons. The number of hydrogen-bond donors (Lipinski definition) is 3. The van der Waals surface area contributed by atoms with E-state index in [0.717, 1.165) is 0 Å². The van der Waals surface area contributed by atoms with Crippen LogP contribution in [0.2, 0.25) is 5.02 Å². The van der Waals surface area contributed by atoms with E-state index in [1.54, 1.807) is 86.8 Å². The molecular formula is C30H27ClN4O4S. The van der Waals surface area contributed by atoms with E-state index in [1.807, 2.05) is 0 Å². The normalized spacial score (nSPS) is 14.6. The SMILES string of the molecule is COc1cccc(NC(=O)CSC2=C(C#N)[C@@H](c3ccccc3Cl)C(C(=O)Nc3ccccc3OC)=C(C)N2)c1. The zero-order valence-corrected chi connectivity index (χ0v) is 23.7. The maximum atomic E-state index is 13.7. The highest BCUT2D eigenvalue weighted by molar-refractivity contribution is 8.03. The second kappa shape index (κ2) is 13.1. The monoisotopic (exact) mass is 574 g/mol. The summed E-state index contributed by atoms with van der Waals surface area (Å²) in [6.45, 7) is 1.76. The van der Waals surface area contributed by atoms with Gasteiger partial charge in [0.2, 0.25) is 5.91 Å². The third kappa shape index (κ3) is 6.42. The summed E-state index contributed by atoms with van der Waals surface area (Å²) >= 11 is 7.76. The van der Waals surface area contributed by atoms with Crippen LogP contribution in [-0.2, 0) is 9.59 Å². The van der Waals surface area contributed by atoms with Gasteiger partial charge in [0.25, 0.3) is 5.91 Å². The van der Waals surface area contributed by atoms with Gasteiger partial charge in [-0.25, -0.2) is 0 Å². The molecule has 4 rings (SSSR count). The Morgan fingerprint density at radius 3 is 2.50 bits per heavy atom. The van der Waals surface area contributed by atoms with Crippen LogP contribution in [0.4, 0.5) is 11.4 Å². The van der Waals surface area contributed by atoms with Crippen LogP contribution in [0.1, 0.15) is 18.4 Å². The lowest BCUT2D eigenvalue weighted by Gasteiger charge is -2.30. The molecule has 1 aliphatic heterocycles. The van der Waals surface area contributed by atoms with Gasteiger partial charge in [0, 0.05) is 28.0 Å². The van der Waals surface area contributed by atoms with Crippen molar-refractivity contribution in [3.8, 4) is 17.6 Å². The minimum Gasteiger partial charge on any atom is -0.497 e. The third-order valence-corrected chi connectivity index (χ3v) is 7.53. The van der Waals surface area contributed by atoms with Crippen LogP contribution in [0.3, 0.4) is 0 Å². The number of rotatable bonds is 9. The number of nitrogens with zero attached hydrogens (tertiary/aromatic N) is 1. The molecule has 0 fully saturated rings. The van der Waals surface area contributed by atoms with E-state index in [2.05, 4.69) is 22.0 Å². The van der Waals surface area contributed by atoms with Gasteiger partial charge >= 0.3 is 0 Å². The van der Waals surface area contributed by atoms with Crippen LogP contribution in [0.15, 0.2) is 94.7 Å². The largest absolute Gasteiger partial charge is 0.497 e. The molecule has 0 radical (unpaired) electrons. The lowest BCUT2D eigenvalue weighted by atomic mass is 9.82. The van der Waals surface area contributed by atoms with Gasteiger partial charge < -0.3 is 25.4 Å². The first kappa shape index (κ1) is 28.6. The first-order valence-corrected chi connectivity index (χ1v) is 13.6. The summed E-state index contributed by atoms with van der Waals surface area (Å²) in [5.74, 6) is -0.292. The maximum absolute atomic E-state index is 13.7. The summed E-state index contributed by atoms with van der Waals surface area (Å²) in [6, 6.07) is 23.5. The molecule has 3 aromatic rings. The highest BCUT2D eigenvalue weighted by Crippen LogP contribution is 2.43. The summed E-state index contributed by atoms with van der Waals surface area (Å²) in [6.07, 6.45) is 0. The van der Waals surface area contributed by atoms with Gasteiger partial charge in [-0.1, -0.05) is 59.8 Å². The van der Waals surface area contributed by atoms with E-state index in [4.69, 9.17) is 21.1 Å². The molecular weight excluding hydrogens is 548 g/mol. The number of benzene rings is 3. The molecule has 10 heteroatoms. The first-order chi connectivity index (χ1) is 19.4. The van der Waals surface area contributed by atoms with Crippen LogP contribution in [-0.4, -0.2) is 31.8 Å². The number of ether oxygens (including phenoxy) is 2. The number of hydrogen-bond acceptors (Lipinski definition) is 7. The molecule has 3 aromatic carbocycles. The molecule has 0 aliphatic carbocycles. The van der Waals surface area contributed by atoms with Crippen molar-refractivity contribution in [2.24, 2.45) is 0 Å². The smallest absolute Gasteiger partial charge is 0.254 e. The van der Waals surface area contributed by atoms with Crippen LogP contribution < -0.4 is 25.4 Å². The number of nitrogens with one attached hydrogen (secondary N) is 3. The van der Waals surface area contributed by atoms with Crippen molar-refractivity contribution in [1.29, 1.82) is 5.26 Å². The lowest BCUT2D eigenvalue weighted by Crippen LogP contribution is -2.31. The molecule has 1 atom stereocenters. The van der Waals surface area contributed by atoms with E-state index in [-0.39, 0.29) is 17.2 Å². The fourth-order valence-corrected chi connectivity index (χ4v) is 5.46. The number of anilines is 2. The maximum Gasteiger partial charge on any atom is 0.254 e. The fraction of sp³-hybridized carbons (Fsp3) is 0.167. The molecule has 0 unspecified atom stereocenters. The number of carbonyl (C=O) groups excluding carboxylic acids is 2.